The summed E-state index contributed by atoms with van der Waals surface area (Å²) in [6.45, 7) is 10.5. The van der Waals surface area contributed by atoms with Gasteiger partial charge in [-0.3, -0.25) is 0 Å². The minimum Gasteiger partial charge on any atom is -0.462 e. The minimum absolute atomic E-state index is 0.245. The van der Waals surface area contributed by atoms with Crippen LogP contribution in [0.3, 0.4) is 0 Å². The highest BCUT2D eigenvalue weighted by molar-refractivity contribution is 5.86. The van der Waals surface area contributed by atoms with Crippen molar-refractivity contribution < 1.29 is 9.53 Å². The highest BCUT2D eigenvalue weighted by Gasteiger charge is 2.10. The molecule has 0 heterocycles. The van der Waals surface area contributed by atoms with Crippen LogP contribution in [-0.2, 0) is 9.53 Å². The smallest absolute Gasteiger partial charge is 0.333 e. The van der Waals surface area contributed by atoms with Gasteiger partial charge in [0.1, 0.15) is 0 Å². The van der Waals surface area contributed by atoms with Gasteiger partial charge in [-0.05, 0) is 19.3 Å². The van der Waals surface area contributed by atoms with Crippen molar-refractivity contribution in [3.63, 3.8) is 0 Å². The van der Waals surface area contributed by atoms with Crippen molar-refractivity contribution >= 4 is 5.97 Å². The monoisotopic (exact) mass is 1260 g/mol. The van der Waals surface area contributed by atoms with Crippen molar-refractivity contribution in [2.75, 3.05) is 6.61 Å². The Kier molecular flexibility index (Phi) is 81.7. The van der Waals surface area contributed by atoms with Crippen molar-refractivity contribution in [2.45, 2.75) is 534 Å². The van der Waals surface area contributed by atoms with Gasteiger partial charge in [0.25, 0.3) is 0 Å². The zero-order valence-electron chi connectivity index (χ0n) is 63.4. The molecule has 0 saturated heterocycles. The predicted octanol–water partition coefficient (Wildman–Crippen LogP) is 33.0. The molecule has 538 valence electrons. The third-order valence-corrected chi connectivity index (χ3v) is 21.3. The number of carbonyl (C=O) groups is 1. The summed E-state index contributed by atoms with van der Waals surface area (Å²) in [5, 5.41) is 0. The molecule has 0 aromatic rings. The van der Waals surface area contributed by atoms with Crippen molar-refractivity contribution in [2.24, 2.45) is 5.92 Å². The fourth-order valence-electron chi connectivity index (χ4n) is 14.8. The molecule has 0 rings (SSSR count). The summed E-state index contributed by atoms with van der Waals surface area (Å²) in [4.78, 5) is 11.4. The molecular formula is C88H174O2. The van der Waals surface area contributed by atoms with Crippen LogP contribution in [0.15, 0.2) is 12.2 Å². The molecule has 0 amide bonds. The van der Waals surface area contributed by atoms with E-state index >= 15 is 0 Å². The second kappa shape index (κ2) is 82.4. The Morgan fingerprint density at radius 3 is 0.467 bits per heavy atom. The van der Waals surface area contributed by atoms with Gasteiger partial charge in [0.2, 0.25) is 0 Å². The Labute approximate surface area is 571 Å². The Morgan fingerprint density at radius 1 is 0.211 bits per heavy atom. The molecule has 0 N–H and O–H groups in total. The average molecular weight is 1260 g/mol. The van der Waals surface area contributed by atoms with Gasteiger partial charge in [0, 0.05) is 5.57 Å². The van der Waals surface area contributed by atoms with E-state index in [4.69, 9.17) is 4.74 Å². The SMILES string of the molecule is C=C(C)C(=O)OCCCCCCCCCCCCCCCCCCCCCCCCCCCCCCC(CCCCCCCCCCCCCCCCCCCC)CCCCCCCCCCCCCCCCCCCCCCCCCCCCCCCCC. The molecule has 0 radical (unpaired) electrons. The fraction of sp³-hybridized carbons (Fsp3) is 0.966. The van der Waals surface area contributed by atoms with E-state index in [1.165, 1.54) is 507 Å². The van der Waals surface area contributed by atoms with Crippen LogP contribution < -0.4 is 0 Å². The van der Waals surface area contributed by atoms with Crippen molar-refractivity contribution in [1.82, 2.24) is 0 Å². The second-order valence-electron chi connectivity index (χ2n) is 30.7. The largest absolute Gasteiger partial charge is 0.462 e. The Balaban J connectivity index is 3.91. The Bertz CT molecular complexity index is 1290. The molecule has 0 aromatic heterocycles. The van der Waals surface area contributed by atoms with Crippen LogP contribution in [0.1, 0.15) is 534 Å². The lowest BCUT2D eigenvalue weighted by atomic mass is 9.89. The number of esters is 1. The van der Waals surface area contributed by atoms with Crippen LogP contribution in [0.25, 0.3) is 0 Å². The molecule has 2 heteroatoms. The third-order valence-electron chi connectivity index (χ3n) is 21.3. The summed E-state index contributed by atoms with van der Waals surface area (Å²) in [6.07, 6.45) is 117. The molecule has 1 unspecified atom stereocenters. The van der Waals surface area contributed by atoms with Crippen molar-refractivity contribution in [3.8, 4) is 0 Å². The second-order valence-corrected chi connectivity index (χ2v) is 30.7. The van der Waals surface area contributed by atoms with Crippen molar-refractivity contribution in [1.29, 1.82) is 0 Å². The number of ether oxygens (including phenoxy) is 1. The molecule has 90 heavy (non-hydrogen) atoms. The molecule has 2 nitrogen and oxygen atoms in total. The van der Waals surface area contributed by atoms with Gasteiger partial charge in [-0.15, -0.1) is 0 Å². The van der Waals surface area contributed by atoms with Crippen LogP contribution in [0.2, 0.25) is 0 Å². The van der Waals surface area contributed by atoms with Crippen LogP contribution in [0.5, 0.6) is 0 Å². The number of unbranched alkanes of at least 4 members (excludes halogenated alkanes) is 74. The zero-order chi connectivity index (χ0) is 64.7. The van der Waals surface area contributed by atoms with Crippen LogP contribution in [0.4, 0.5) is 0 Å². The van der Waals surface area contributed by atoms with E-state index < -0.39 is 0 Å². The van der Waals surface area contributed by atoms with E-state index in [-0.39, 0.29) is 5.97 Å². The molecule has 0 bridgehead atoms. The lowest BCUT2D eigenvalue weighted by Gasteiger charge is -2.17. The topological polar surface area (TPSA) is 26.3 Å². The fourth-order valence-corrected chi connectivity index (χ4v) is 14.8. The van der Waals surface area contributed by atoms with Gasteiger partial charge >= 0.3 is 5.97 Å². The van der Waals surface area contributed by atoms with E-state index in [0.29, 0.717) is 12.2 Å². The molecular weight excluding hydrogens is 1090 g/mol. The Hall–Kier alpha value is -0.790. The van der Waals surface area contributed by atoms with Gasteiger partial charge in [0.15, 0.2) is 0 Å². The number of rotatable bonds is 83. The normalized spacial score (nSPS) is 12.0. The van der Waals surface area contributed by atoms with Crippen LogP contribution in [0, 0.1) is 5.92 Å². The number of hydrogen-bond donors (Lipinski definition) is 0. The van der Waals surface area contributed by atoms with E-state index in [0.717, 1.165) is 12.3 Å². The quantitative estimate of drug-likeness (QED) is 0.0345. The van der Waals surface area contributed by atoms with E-state index in [2.05, 4.69) is 20.4 Å². The molecule has 0 aliphatic carbocycles. The molecule has 0 aromatic carbocycles. The summed E-state index contributed by atoms with van der Waals surface area (Å²) in [5.74, 6) is 0.773. The number of carbonyl (C=O) groups excluding carboxylic acids is 1. The minimum atomic E-state index is -0.245. The van der Waals surface area contributed by atoms with Gasteiger partial charge in [-0.2, -0.15) is 0 Å². The zero-order valence-corrected chi connectivity index (χ0v) is 63.4. The van der Waals surface area contributed by atoms with Crippen molar-refractivity contribution in [3.05, 3.63) is 12.2 Å². The number of hydrogen-bond acceptors (Lipinski definition) is 2. The van der Waals surface area contributed by atoms with E-state index in [9.17, 15) is 4.79 Å². The summed E-state index contributed by atoms with van der Waals surface area (Å²) >= 11 is 0. The lowest BCUT2D eigenvalue weighted by Crippen LogP contribution is -2.05. The lowest BCUT2D eigenvalue weighted by molar-refractivity contribution is -0.139. The van der Waals surface area contributed by atoms with Gasteiger partial charge in [-0.1, -0.05) is 528 Å². The summed E-state index contributed by atoms with van der Waals surface area (Å²) in [6, 6.07) is 0. The molecule has 0 spiro atoms. The first-order valence-corrected chi connectivity index (χ1v) is 43.4. The maximum Gasteiger partial charge on any atom is 0.333 e. The molecule has 0 fully saturated rings. The highest BCUT2D eigenvalue weighted by Crippen LogP contribution is 2.27. The summed E-state index contributed by atoms with van der Waals surface area (Å²) in [7, 11) is 0. The molecule has 0 aliphatic rings. The maximum absolute atomic E-state index is 11.4. The summed E-state index contributed by atoms with van der Waals surface area (Å²) < 4.78 is 5.18. The Morgan fingerprint density at radius 2 is 0.333 bits per heavy atom. The first-order valence-electron chi connectivity index (χ1n) is 43.4. The van der Waals surface area contributed by atoms with Crippen LogP contribution >= 0.6 is 0 Å². The highest BCUT2D eigenvalue weighted by atomic mass is 16.5. The van der Waals surface area contributed by atoms with E-state index in [1.54, 1.807) is 6.92 Å². The predicted molar refractivity (Wildman–Crippen MR) is 410 cm³/mol. The molecule has 0 saturated carbocycles. The van der Waals surface area contributed by atoms with Gasteiger partial charge in [0.05, 0.1) is 6.61 Å². The van der Waals surface area contributed by atoms with Gasteiger partial charge < -0.3 is 4.74 Å². The first-order chi connectivity index (χ1) is 44.6. The van der Waals surface area contributed by atoms with Gasteiger partial charge in [-0.25, -0.2) is 4.79 Å². The third kappa shape index (κ3) is 79.6. The summed E-state index contributed by atoms with van der Waals surface area (Å²) in [5.41, 5.74) is 0.500. The van der Waals surface area contributed by atoms with E-state index in [1.807, 2.05) is 0 Å². The van der Waals surface area contributed by atoms with Crippen LogP contribution in [-0.4, -0.2) is 12.6 Å². The first kappa shape index (κ1) is 89.2. The average Bonchev–Trinajstić information content (AvgIpc) is 3.55. The molecule has 0 aliphatic heterocycles. The maximum atomic E-state index is 11.4. The standard InChI is InChI=1S/C88H174O2/c1-5-7-9-11-13-15-17-19-21-23-25-26-27-28-29-30-31-32-35-38-41-44-47-51-55-59-63-67-71-75-79-83-87(82-78-74-70-66-62-58-54-50-24-22-20-18-16-14-12-10-8-6-2)84-80-76-72-68-64-60-56-52-48-45-42-39-36-33-34-37-40-43-46-49-53-57-61-65-69-73-77-81-85-90-88(89)86(3)4/h87H,3,5-85H2,1-2,4H3. The molecule has 1 atom stereocenters.